The van der Waals surface area contributed by atoms with Crippen LogP contribution in [0.2, 0.25) is 0 Å². The molecule has 6 atom stereocenters. The van der Waals surface area contributed by atoms with Crippen molar-refractivity contribution in [3.05, 3.63) is 12.2 Å². The number of carbonyl (C=O) groups excluding carboxylic acids is 2. The summed E-state index contributed by atoms with van der Waals surface area (Å²) in [5, 5.41) is 6.85. The van der Waals surface area contributed by atoms with Gasteiger partial charge >= 0.3 is 0 Å². The van der Waals surface area contributed by atoms with Crippen molar-refractivity contribution in [3.63, 3.8) is 0 Å². The Hall–Kier alpha value is -1.12. The van der Waals surface area contributed by atoms with Gasteiger partial charge in [0.05, 0.1) is 11.8 Å². The first-order valence-corrected chi connectivity index (χ1v) is 11.2. The molecule has 5 rings (SSSR count). The number of nitrogens with one attached hydrogen (secondary N) is 2. The summed E-state index contributed by atoms with van der Waals surface area (Å²) in [6.45, 7) is 0.988. The molecule has 29 heavy (non-hydrogen) atoms. The molecule has 6 nitrogen and oxygen atoms in total. The second kappa shape index (κ2) is 8.55. The van der Waals surface area contributed by atoms with Crippen molar-refractivity contribution in [2.24, 2.45) is 40.5 Å². The number of allylic oxidation sites excluding steroid dienone is 2. The molecular weight excluding hydrogens is 479 g/mol. The summed E-state index contributed by atoms with van der Waals surface area (Å²) < 4.78 is 0. The van der Waals surface area contributed by atoms with Crippen molar-refractivity contribution in [1.29, 1.82) is 0 Å². The number of nitrogens with zero attached hydrogens (tertiary/aromatic N) is 2. The van der Waals surface area contributed by atoms with E-state index >= 15 is 0 Å². The maximum absolute atomic E-state index is 12.7. The first-order chi connectivity index (χ1) is 13.7. The molecule has 1 aliphatic heterocycles. The number of imide groups is 1. The number of halogens is 1. The van der Waals surface area contributed by atoms with Gasteiger partial charge in [0, 0.05) is 26.2 Å². The van der Waals surface area contributed by atoms with Crippen LogP contribution in [0.15, 0.2) is 17.1 Å². The molecule has 1 heterocycles. The minimum absolute atomic E-state index is 0. The van der Waals surface area contributed by atoms with E-state index in [1.165, 1.54) is 43.4 Å². The van der Waals surface area contributed by atoms with Gasteiger partial charge in [0.2, 0.25) is 11.8 Å². The summed E-state index contributed by atoms with van der Waals surface area (Å²) in [5.41, 5.74) is 0. The predicted octanol–water partition coefficient (Wildman–Crippen LogP) is 2.55. The van der Waals surface area contributed by atoms with Crippen LogP contribution in [0.25, 0.3) is 0 Å². The number of aliphatic imine (C=N–C) groups is 1. The van der Waals surface area contributed by atoms with Gasteiger partial charge in [-0.2, -0.15) is 0 Å². The fraction of sp³-hybridized carbons (Fsp3) is 0.773. The molecule has 3 saturated carbocycles. The lowest BCUT2D eigenvalue weighted by Crippen LogP contribution is -2.44. The van der Waals surface area contributed by atoms with Gasteiger partial charge in [-0.3, -0.25) is 19.5 Å². The zero-order chi connectivity index (χ0) is 19.3. The second-order valence-corrected chi connectivity index (χ2v) is 9.38. The average molecular weight is 512 g/mol. The van der Waals surface area contributed by atoms with Crippen LogP contribution >= 0.6 is 24.0 Å². The molecule has 0 radical (unpaired) electrons. The van der Waals surface area contributed by atoms with Crippen molar-refractivity contribution < 1.29 is 9.59 Å². The molecule has 160 valence electrons. The van der Waals surface area contributed by atoms with E-state index in [9.17, 15) is 9.59 Å². The second-order valence-electron chi connectivity index (χ2n) is 9.38. The summed E-state index contributed by atoms with van der Waals surface area (Å²) in [4.78, 5) is 31.3. The van der Waals surface area contributed by atoms with E-state index in [0.29, 0.717) is 19.1 Å². The van der Waals surface area contributed by atoms with E-state index in [4.69, 9.17) is 0 Å². The Morgan fingerprint density at radius 1 is 1.07 bits per heavy atom. The van der Waals surface area contributed by atoms with Crippen molar-refractivity contribution in [3.8, 4) is 0 Å². The van der Waals surface area contributed by atoms with Gasteiger partial charge in [-0.25, -0.2) is 0 Å². The lowest BCUT2D eigenvalue weighted by molar-refractivity contribution is -0.140. The van der Waals surface area contributed by atoms with Gasteiger partial charge in [-0.15, -0.1) is 24.0 Å². The number of hydrogen-bond donors (Lipinski definition) is 2. The molecule has 2 N–H and O–H groups in total. The quantitative estimate of drug-likeness (QED) is 0.195. The van der Waals surface area contributed by atoms with Crippen molar-refractivity contribution in [2.75, 3.05) is 20.1 Å². The predicted molar refractivity (Wildman–Crippen MR) is 123 cm³/mol. The highest BCUT2D eigenvalue weighted by Gasteiger charge is 2.59. The average Bonchev–Trinajstić information content (AvgIpc) is 3.05. The molecule has 0 spiro atoms. The van der Waals surface area contributed by atoms with Crippen LogP contribution in [-0.2, 0) is 9.59 Å². The molecule has 0 aromatic heterocycles. The maximum atomic E-state index is 12.7. The molecule has 0 aromatic carbocycles. The van der Waals surface area contributed by atoms with Crippen LogP contribution in [-0.4, -0.2) is 48.9 Å². The van der Waals surface area contributed by atoms with E-state index in [1.54, 1.807) is 7.05 Å². The van der Waals surface area contributed by atoms with Crippen LogP contribution in [0.1, 0.15) is 44.9 Å². The van der Waals surface area contributed by atoms with Crippen LogP contribution in [0.5, 0.6) is 0 Å². The number of rotatable bonds is 5. The summed E-state index contributed by atoms with van der Waals surface area (Å²) >= 11 is 0. The van der Waals surface area contributed by atoms with Crippen LogP contribution in [0, 0.1) is 35.5 Å². The minimum atomic E-state index is -0.0948. The van der Waals surface area contributed by atoms with E-state index < -0.39 is 0 Å². The summed E-state index contributed by atoms with van der Waals surface area (Å²) in [6, 6.07) is 0.533. The Balaban J connectivity index is 0.00000205. The molecule has 4 fully saturated rings. The molecule has 2 bridgehead atoms. The van der Waals surface area contributed by atoms with E-state index in [-0.39, 0.29) is 59.5 Å². The Labute approximate surface area is 190 Å². The lowest BCUT2D eigenvalue weighted by Gasteiger charge is -2.22. The molecule has 2 amide bonds. The Kier molecular flexibility index (Phi) is 6.23. The molecular formula is C22H33IN4O2. The standard InChI is InChI=1S/C22H32N4O2.HI/c1-23-22(25-17-12-16(17)13-5-3-2-4-6-13)24-9-10-26-20(27)18-14-7-8-15(11-14)19(18)21(26)28;/h7-8,13-19H,2-6,9-12H2,1H3,(H2,23,24,25);1H. The molecule has 5 aliphatic rings. The number of amides is 2. The lowest BCUT2D eigenvalue weighted by atomic mass is 9.85. The normalized spacial score (nSPS) is 38.2. The van der Waals surface area contributed by atoms with E-state index in [2.05, 4.69) is 27.8 Å². The highest BCUT2D eigenvalue weighted by molar-refractivity contribution is 14.0. The summed E-state index contributed by atoms with van der Waals surface area (Å²) in [7, 11) is 1.78. The summed E-state index contributed by atoms with van der Waals surface area (Å²) in [5.74, 6) is 2.92. The third kappa shape index (κ3) is 3.83. The number of hydrogen-bond acceptors (Lipinski definition) is 3. The molecule has 0 aromatic rings. The Morgan fingerprint density at radius 3 is 2.34 bits per heavy atom. The van der Waals surface area contributed by atoms with Gasteiger partial charge in [-0.05, 0) is 36.5 Å². The number of carbonyl (C=O) groups is 2. The fourth-order valence-electron chi connectivity index (χ4n) is 6.30. The smallest absolute Gasteiger partial charge is 0.233 e. The van der Waals surface area contributed by atoms with Gasteiger partial charge < -0.3 is 10.6 Å². The summed E-state index contributed by atoms with van der Waals surface area (Å²) in [6.07, 6.45) is 13.5. The molecule has 7 heteroatoms. The van der Waals surface area contributed by atoms with Crippen molar-refractivity contribution >= 4 is 41.8 Å². The minimum Gasteiger partial charge on any atom is -0.355 e. The molecule has 6 unspecified atom stereocenters. The molecule has 4 aliphatic carbocycles. The van der Waals surface area contributed by atoms with Crippen molar-refractivity contribution in [1.82, 2.24) is 15.5 Å². The van der Waals surface area contributed by atoms with E-state index in [1.807, 2.05) is 0 Å². The highest BCUT2D eigenvalue weighted by atomic mass is 127. The SMILES string of the molecule is CN=C(NCCN1C(=O)C2C3C=CC(C3)C2C1=O)NC1CC1C1CCCCC1.I. The van der Waals surface area contributed by atoms with E-state index in [0.717, 1.165) is 24.2 Å². The van der Waals surface area contributed by atoms with Crippen molar-refractivity contribution in [2.45, 2.75) is 51.0 Å². The van der Waals surface area contributed by atoms with Gasteiger partial charge in [0.1, 0.15) is 0 Å². The zero-order valence-corrected chi connectivity index (χ0v) is 19.5. The molecule has 1 saturated heterocycles. The zero-order valence-electron chi connectivity index (χ0n) is 17.2. The third-order valence-corrected chi connectivity index (χ3v) is 7.83. The van der Waals surface area contributed by atoms with Crippen LogP contribution < -0.4 is 10.6 Å². The first-order valence-electron chi connectivity index (χ1n) is 11.2. The number of guanidine groups is 1. The Bertz CT molecular complexity index is 688. The highest BCUT2D eigenvalue weighted by Crippen LogP contribution is 2.52. The topological polar surface area (TPSA) is 73.8 Å². The fourth-order valence-corrected chi connectivity index (χ4v) is 6.30. The maximum Gasteiger partial charge on any atom is 0.233 e. The van der Waals surface area contributed by atoms with Gasteiger partial charge in [0.25, 0.3) is 0 Å². The van der Waals surface area contributed by atoms with Gasteiger partial charge in [0.15, 0.2) is 5.96 Å². The van der Waals surface area contributed by atoms with Gasteiger partial charge in [-0.1, -0.05) is 44.3 Å². The largest absolute Gasteiger partial charge is 0.355 e. The van der Waals surface area contributed by atoms with Crippen LogP contribution in [0.4, 0.5) is 0 Å². The third-order valence-electron chi connectivity index (χ3n) is 7.83. The monoisotopic (exact) mass is 512 g/mol. The number of likely N-dealkylation sites (tertiary alicyclic amines) is 1. The first kappa shape index (κ1) is 21.1. The van der Waals surface area contributed by atoms with Crippen LogP contribution in [0.3, 0.4) is 0 Å². The Morgan fingerprint density at radius 2 is 1.72 bits per heavy atom. The number of fused-ring (bicyclic) bond motifs is 5.